The minimum absolute atomic E-state index is 0.739. The van der Waals surface area contributed by atoms with Crippen LogP contribution in [0.5, 0.6) is 5.75 Å². The SMILES string of the molecule is C/C=C/c1ccc(OCCN2CCOCC2)cc1.CC. The molecule has 0 N–H and O–H groups in total. The van der Waals surface area contributed by atoms with Crippen molar-refractivity contribution in [1.82, 2.24) is 4.90 Å². The summed E-state index contributed by atoms with van der Waals surface area (Å²) in [6.07, 6.45) is 4.12. The molecular formula is C17H27NO2. The Balaban J connectivity index is 0.000000956. The van der Waals surface area contributed by atoms with Crippen LogP contribution in [0.15, 0.2) is 30.3 Å². The molecule has 0 aromatic heterocycles. The van der Waals surface area contributed by atoms with Gasteiger partial charge in [0.15, 0.2) is 0 Å². The molecule has 0 radical (unpaired) electrons. The van der Waals surface area contributed by atoms with E-state index >= 15 is 0 Å². The molecule has 3 nitrogen and oxygen atoms in total. The molecule has 0 bridgehead atoms. The molecule has 3 heteroatoms. The number of hydrogen-bond acceptors (Lipinski definition) is 3. The summed E-state index contributed by atoms with van der Waals surface area (Å²) in [4.78, 5) is 2.37. The third-order valence-electron chi connectivity index (χ3n) is 3.02. The smallest absolute Gasteiger partial charge is 0.119 e. The van der Waals surface area contributed by atoms with Crippen LogP contribution in [-0.2, 0) is 4.74 Å². The zero-order valence-electron chi connectivity index (χ0n) is 13.0. The largest absolute Gasteiger partial charge is 0.492 e. The fourth-order valence-corrected chi connectivity index (χ4v) is 1.98. The van der Waals surface area contributed by atoms with E-state index in [1.54, 1.807) is 0 Å². The Morgan fingerprint density at radius 2 is 1.80 bits per heavy atom. The van der Waals surface area contributed by atoms with E-state index in [2.05, 4.69) is 23.1 Å². The van der Waals surface area contributed by atoms with Crippen molar-refractivity contribution in [3.8, 4) is 5.75 Å². The Bertz CT molecular complexity index is 367. The summed E-state index contributed by atoms with van der Waals surface area (Å²) >= 11 is 0. The Morgan fingerprint density at radius 1 is 1.15 bits per heavy atom. The predicted molar refractivity (Wildman–Crippen MR) is 85.3 cm³/mol. The number of benzene rings is 1. The van der Waals surface area contributed by atoms with Crippen molar-refractivity contribution < 1.29 is 9.47 Å². The molecule has 0 aliphatic carbocycles. The van der Waals surface area contributed by atoms with E-state index in [4.69, 9.17) is 9.47 Å². The van der Waals surface area contributed by atoms with Crippen LogP contribution in [0.3, 0.4) is 0 Å². The standard InChI is InChI=1S/C15H21NO2.C2H6/c1-2-3-14-4-6-15(7-5-14)18-13-10-16-8-11-17-12-9-16;1-2/h2-7H,8-13H2,1H3;1-2H3/b3-2+;. The predicted octanol–water partition coefficient (Wildman–Crippen LogP) is 3.46. The van der Waals surface area contributed by atoms with Crippen LogP contribution in [0.1, 0.15) is 26.3 Å². The zero-order chi connectivity index (χ0) is 14.6. The number of allylic oxidation sites excluding steroid dienone is 1. The molecule has 2 rings (SSSR count). The Morgan fingerprint density at radius 3 is 2.40 bits per heavy atom. The van der Waals surface area contributed by atoms with Gasteiger partial charge < -0.3 is 9.47 Å². The second-order valence-electron chi connectivity index (χ2n) is 4.37. The monoisotopic (exact) mass is 277 g/mol. The van der Waals surface area contributed by atoms with Gasteiger partial charge in [0.25, 0.3) is 0 Å². The van der Waals surface area contributed by atoms with Crippen molar-refractivity contribution >= 4 is 6.08 Å². The quantitative estimate of drug-likeness (QED) is 0.822. The second kappa shape index (κ2) is 10.5. The molecule has 1 fully saturated rings. The Hall–Kier alpha value is -1.32. The fourth-order valence-electron chi connectivity index (χ4n) is 1.98. The van der Waals surface area contributed by atoms with E-state index in [1.165, 1.54) is 5.56 Å². The number of hydrogen-bond donors (Lipinski definition) is 0. The number of nitrogens with zero attached hydrogens (tertiary/aromatic N) is 1. The van der Waals surface area contributed by atoms with Gasteiger partial charge in [0.2, 0.25) is 0 Å². The molecule has 112 valence electrons. The summed E-state index contributed by atoms with van der Waals surface area (Å²) in [5.41, 5.74) is 1.21. The highest BCUT2D eigenvalue weighted by atomic mass is 16.5. The van der Waals surface area contributed by atoms with Gasteiger partial charge in [0.05, 0.1) is 13.2 Å². The lowest BCUT2D eigenvalue weighted by molar-refractivity contribution is 0.0322. The third-order valence-corrected chi connectivity index (χ3v) is 3.02. The Kier molecular flexibility index (Phi) is 8.76. The molecule has 0 unspecified atom stereocenters. The molecule has 1 aromatic rings. The maximum absolute atomic E-state index is 5.74. The zero-order valence-corrected chi connectivity index (χ0v) is 13.0. The van der Waals surface area contributed by atoms with Gasteiger partial charge in [-0.3, -0.25) is 4.90 Å². The summed E-state index contributed by atoms with van der Waals surface area (Å²) in [5.74, 6) is 0.941. The van der Waals surface area contributed by atoms with Crippen molar-refractivity contribution in [3.63, 3.8) is 0 Å². The van der Waals surface area contributed by atoms with Crippen molar-refractivity contribution in [2.45, 2.75) is 20.8 Å². The first-order valence-corrected chi connectivity index (χ1v) is 7.54. The summed E-state index contributed by atoms with van der Waals surface area (Å²) < 4.78 is 11.0. The van der Waals surface area contributed by atoms with Crippen LogP contribution >= 0.6 is 0 Å². The van der Waals surface area contributed by atoms with Crippen LogP contribution in [0.4, 0.5) is 0 Å². The maximum atomic E-state index is 5.74. The molecule has 0 atom stereocenters. The van der Waals surface area contributed by atoms with Crippen molar-refractivity contribution in [1.29, 1.82) is 0 Å². The number of rotatable bonds is 5. The van der Waals surface area contributed by atoms with Crippen LogP contribution < -0.4 is 4.74 Å². The van der Waals surface area contributed by atoms with Gasteiger partial charge in [-0.15, -0.1) is 0 Å². The number of morpholine rings is 1. The molecule has 0 amide bonds. The van der Waals surface area contributed by atoms with Gasteiger partial charge in [0.1, 0.15) is 12.4 Å². The van der Waals surface area contributed by atoms with E-state index < -0.39 is 0 Å². The highest BCUT2D eigenvalue weighted by molar-refractivity contribution is 5.50. The molecule has 0 spiro atoms. The average molecular weight is 277 g/mol. The molecular weight excluding hydrogens is 250 g/mol. The van der Waals surface area contributed by atoms with Gasteiger partial charge in [-0.25, -0.2) is 0 Å². The first-order valence-electron chi connectivity index (χ1n) is 7.54. The molecule has 1 aliphatic rings. The summed E-state index contributed by atoms with van der Waals surface area (Å²) in [5, 5.41) is 0. The highest BCUT2D eigenvalue weighted by Crippen LogP contribution is 2.13. The minimum atomic E-state index is 0.739. The second-order valence-corrected chi connectivity index (χ2v) is 4.37. The topological polar surface area (TPSA) is 21.7 Å². The van der Waals surface area contributed by atoms with Gasteiger partial charge >= 0.3 is 0 Å². The first-order chi connectivity index (χ1) is 9.88. The van der Waals surface area contributed by atoms with E-state index in [-0.39, 0.29) is 0 Å². The van der Waals surface area contributed by atoms with Crippen LogP contribution in [0.2, 0.25) is 0 Å². The Labute approximate surface area is 123 Å². The molecule has 1 saturated heterocycles. The molecule has 1 aromatic carbocycles. The lowest BCUT2D eigenvalue weighted by Gasteiger charge is -2.26. The van der Waals surface area contributed by atoms with Gasteiger partial charge in [-0.05, 0) is 24.6 Å². The van der Waals surface area contributed by atoms with Gasteiger partial charge in [-0.2, -0.15) is 0 Å². The third kappa shape index (κ3) is 6.22. The van der Waals surface area contributed by atoms with Gasteiger partial charge in [0, 0.05) is 19.6 Å². The first kappa shape index (κ1) is 16.7. The van der Waals surface area contributed by atoms with E-state index in [0.717, 1.165) is 45.2 Å². The van der Waals surface area contributed by atoms with Crippen molar-refractivity contribution in [3.05, 3.63) is 35.9 Å². The molecule has 1 heterocycles. The lowest BCUT2D eigenvalue weighted by Crippen LogP contribution is -2.38. The van der Waals surface area contributed by atoms with E-state index in [1.807, 2.05) is 39.0 Å². The highest BCUT2D eigenvalue weighted by Gasteiger charge is 2.09. The van der Waals surface area contributed by atoms with Crippen molar-refractivity contribution in [2.24, 2.45) is 0 Å². The molecule has 1 aliphatic heterocycles. The van der Waals surface area contributed by atoms with Crippen LogP contribution in [0, 0.1) is 0 Å². The normalized spacial score (nSPS) is 15.8. The number of ether oxygens (including phenoxy) is 2. The van der Waals surface area contributed by atoms with Crippen molar-refractivity contribution in [2.75, 3.05) is 39.5 Å². The van der Waals surface area contributed by atoms with Gasteiger partial charge in [-0.1, -0.05) is 38.1 Å². The van der Waals surface area contributed by atoms with Crippen LogP contribution in [-0.4, -0.2) is 44.4 Å². The maximum Gasteiger partial charge on any atom is 0.119 e. The summed E-state index contributed by atoms with van der Waals surface area (Å²) in [6.45, 7) is 11.5. The van der Waals surface area contributed by atoms with E-state index in [9.17, 15) is 0 Å². The summed E-state index contributed by atoms with van der Waals surface area (Å²) in [6, 6.07) is 8.19. The fraction of sp³-hybridized carbons (Fsp3) is 0.529. The molecule has 20 heavy (non-hydrogen) atoms. The van der Waals surface area contributed by atoms with Crippen LogP contribution in [0.25, 0.3) is 6.08 Å². The van der Waals surface area contributed by atoms with E-state index in [0.29, 0.717) is 0 Å². The lowest BCUT2D eigenvalue weighted by atomic mass is 10.2. The minimum Gasteiger partial charge on any atom is -0.492 e. The average Bonchev–Trinajstić information content (AvgIpc) is 2.52. The molecule has 0 saturated carbocycles. The summed E-state index contributed by atoms with van der Waals surface area (Å²) in [7, 11) is 0.